The summed E-state index contributed by atoms with van der Waals surface area (Å²) in [5, 5.41) is 3.43. The van der Waals surface area contributed by atoms with Gasteiger partial charge in [0.15, 0.2) is 0 Å². The minimum atomic E-state index is 0.533. The Kier molecular flexibility index (Phi) is 3.79. The zero-order valence-corrected chi connectivity index (χ0v) is 9.17. The van der Waals surface area contributed by atoms with Gasteiger partial charge in [-0.2, -0.15) is 0 Å². The summed E-state index contributed by atoms with van der Waals surface area (Å²) in [6.45, 7) is 7.83. The van der Waals surface area contributed by atoms with Gasteiger partial charge in [-0.25, -0.2) is 0 Å². The van der Waals surface area contributed by atoms with Gasteiger partial charge in [0, 0.05) is 32.3 Å². The quantitative estimate of drug-likeness (QED) is 0.727. The van der Waals surface area contributed by atoms with E-state index in [0.717, 1.165) is 12.6 Å². The maximum atomic E-state index is 5.65. The van der Waals surface area contributed by atoms with Crippen molar-refractivity contribution in [3.63, 3.8) is 0 Å². The fourth-order valence-electron chi connectivity index (χ4n) is 2.59. The summed E-state index contributed by atoms with van der Waals surface area (Å²) in [4.78, 5) is 2.63. The van der Waals surface area contributed by atoms with E-state index in [0.29, 0.717) is 6.10 Å². The lowest BCUT2D eigenvalue weighted by atomic mass is 10.1. The smallest absolute Gasteiger partial charge is 0.0599 e. The van der Waals surface area contributed by atoms with Crippen molar-refractivity contribution in [3.8, 4) is 0 Å². The van der Waals surface area contributed by atoms with Gasteiger partial charge in [0.2, 0.25) is 0 Å². The van der Waals surface area contributed by atoms with Gasteiger partial charge in [0.25, 0.3) is 0 Å². The molecule has 2 saturated heterocycles. The van der Waals surface area contributed by atoms with Crippen molar-refractivity contribution in [2.45, 2.75) is 38.3 Å². The Labute approximate surface area is 86.8 Å². The SMILES string of the molecule is CCOC1CCN(C2CCNC2)CC1. The molecule has 82 valence electrons. The van der Waals surface area contributed by atoms with E-state index >= 15 is 0 Å². The molecule has 0 aliphatic carbocycles. The lowest BCUT2D eigenvalue weighted by Crippen LogP contribution is -2.44. The molecule has 0 bridgehead atoms. The molecule has 2 heterocycles. The Bertz CT molecular complexity index is 161. The Balaban J connectivity index is 1.72. The monoisotopic (exact) mass is 198 g/mol. The third kappa shape index (κ3) is 2.47. The average molecular weight is 198 g/mol. The molecule has 0 saturated carbocycles. The number of rotatable bonds is 3. The molecule has 1 atom stereocenters. The van der Waals surface area contributed by atoms with Gasteiger partial charge in [-0.05, 0) is 32.7 Å². The van der Waals surface area contributed by atoms with Crippen molar-refractivity contribution >= 4 is 0 Å². The van der Waals surface area contributed by atoms with E-state index in [1.807, 2.05) is 0 Å². The van der Waals surface area contributed by atoms with Crippen molar-refractivity contribution in [1.29, 1.82) is 0 Å². The summed E-state index contributed by atoms with van der Waals surface area (Å²) in [6.07, 6.45) is 4.32. The molecule has 2 fully saturated rings. The number of piperidine rings is 1. The molecule has 3 nitrogen and oxygen atoms in total. The van der Waals surface area contributed by atoms with E-state index in [4.69, 9.17) is 4.74 Å². The Morgan fingerprint density at radius 3 is 2.64 bits per heavy atom. The van der Waals surface area contributed by atoms with Gasteiger partial charge in [0.05, 0.1) is 6.10 Å². The molecule has 0 spiro atoms. The minimum Gasteiger partial charge on any atom is -0.378 e. The molecule has 1 unspecified atom stereocenters. The summed E-state index contributed by atoms with van der Waals surface area (Å²) in [6, 6.07) is 0.803. The molecule has 0 aromatic heterocycles. The second-order valence-corrected chi connectivity index (χ2v) is 4.34. The number of likely N-dealkylation sites (tertiary alicyclic amines) is 1. The van der Waals surface area contributed by atoms with Crippen molar-refractivity contribution in [2.75, 3.05) is 32.8 Å². The van der Waals surface area contributed by atoms with Crippen molar-refractivity contribution in [3.05, 3.63) is 0 Å². The number of hydrogen-bond acceptors (Lipinski definition) is 3. The van der Waals surface area contributed by atoms with E-state index in [2.05, 4.69) is 17.1 Å². The highest BCUT2D eigenvalue weighted by molar-refractivity contribution is 4.84. The highest BCUT2D eigenvalue weighted by Crippen LogP contribution is 2.18. The summed E-state index contributed by atoms with van der Waals surface area (Å²) in [5.74, 6) is 0. The molecule has 0 amide bonds. The van der Waals surface area contributed by atoms with E-state index in [-0.39, 0.29) is 0 Å². The highest BCUT2D eigenvalue weighted by Gasteiger charge is 2.26. The van der Waals surface area contributed by atoms with Gasteiger partial charge < -0.3 is 10.1 Å². The molecule has 1 N–H and O–H groups in total. The van der Waals surface area contributed by atoms with Crippen LogP contribution in [0.3, 0.4) is 0 Å². The molecule has 14 heavy (non-hydrogen) atoms. The topological polar surface area (TPSA) is 24.5 Å². The van der Waals surface area contributed by atoms with Crippen LogP contribution in [0.2, 0.25) is 0 Å². The first kappa shape index (κ1) is 10.4. The summed E-state index contributed by atoms with van der Waals surface area (Å²) in [7, 11) is 0. The van der Waals surface area contributed by atoms with Crippen LogP contribution in [0.5, 0.6) is 0 Å². The minimum absolute atomic E-state index is 0.533. The van der Waals surface area contributed by atoms with Crippen LogP contribution in [0.1, 0.15) is 26.2 Å². The van der Waals surface area contributed by atoms with Crippen LogP contribution in [0, 0.1) is 0 Å². The van der Waals surface area contributed by atoms with Gasteiger partial charge in [0.1, 0.15) is 0 Å². The molecular formula is C11H22N2O. The van der Waals surface area contributed by atoms with Gasteiger partial charge in [-0.1, -0.05) is 0 Å². The zero-order chi connectivity index (χ0) is 9.80. The standard InChI is InChI=1S/C11H22N2O/c1-2-14-11-4-7-13(8-5-11)10-3-6-12-9-10/h10-12H,2-9H2,1H3. The van der Waals surface area contributed by atoms with E-state index in [1.54, 1.807) is 0 Å². The van der Waals surface area contributed by atoms with Crippen LogP contribution < -0.4 is 5.32 Å². The number of nitrogens with one attached hydrogen (secondary N) is 1. The first-order valence-corrected chi connectivity index (χ1v) is 5.96. The predicted molar refractivity (Wildman–Crippen MR) is 57.5 cm³/mol. The zero-order valence-electron chi connectivity index (χ0n) is 9.17. The maximum Gasteiger partial charge on any atom is 0.0599 e. The van der Waals surface area contributed by atoms with Crippen LogP contribution >= 0.6 is 0 Å². The van der Waals surface area contributed by atoms with E-state index in [9.17, 15) is 0 Å². The van der Waals surface area contributed by atoms with Crippen LogP contribution in [-0.2, 0) is 4.74 Å². The maximum absolute atomic E-state index is 5.65. The third-order valence-corrected chi connectivity index (χ3v) is 3.43. The lowest BCUT2D eigenvalue weighted by molar-refractivity contribution is 0.00598. The van der Waals surface area contributed by atoms with Crippen LogP contribution in [0.15, 0.2) is 0 Å². The molecule has 0 aromatic rings. The largest absolute Gasteiger partial charge is 0.378 e. The van der Waals surface area contributed by atoms with Crippen molar-refractivity contribution in [1.82, 2.24) is 10.2 Å². The first-order valence-electron chi connectivity index (χ1n) is 5.96. The fraction of sp³-hybridized carbons (Fsp3) is 1.00. The highest BCUT2D eigenvalue weighted by atomic mass is 16.5. The van der Waals surface area contributed by atoms with Gasteiger partial charge in [-0.3, -0.25) is 4.90 Å². The number of nitrogens with zero attached hydrogens (tertiary/aromatic N) is 1. The van der Waals surface area contributed by atoms with E-state index in [1.165, 1.54) is 45.4 Å². The van der Waals surface area contributed by atoms with Gasteiger partial charge >= 0.3 is 0 Å². The Morgan fingerprint density at radius 1 is 1.29 bits per heavy atom. The molecular weight excluding hydrogens is 176 g/mol. The molecule has 3 heteroatoms. The fourth-order valence-corrected chi connectivity index (χ4v) is 2.59. The van der Waals surface area contributed by atoms with Crippen molar-refractivity contribution in [2.24, 2.45) is 0 Å². The third-order valence-electron chi connectivity index (χ3n) is 3.43. The average Bonchev–Trinajstić information content (AvgIpc) is 2.72. The number of hydrogen-bond donors (Lipinski definition) is 1. The lowest BCUT2D eigenvalue weighted by Gasteiger charge is -2.35. The normalized spacial score (nSPS) is 31.1. The summed E-state index contributed by atoms with van der Waals surface area (Å²) < 4.78 is 5.65. The molecule has 2 aliphatic heterocycles. The second-order valence-electron chi connectivity index (χ2n) is 4.34. The first-order chi connectivity index (χ1) is 6.90. The van der Waals surface area contributed by atoms with Crippen LogP contribution in [-0.4, -0.2) is 49.8 Å². The summed E-state index contributed by atoms with van der Waals surface area (Å²) >= 11 is 0. The van der Waals surface area contributed by atoms with Crippen LogP contribution in [0.25, 0.3) is 0 Å². The number of ether oxygens (including phenoxy) is 1. The predicted octanol–water partition coefficient (Wildman–Crippen LogP) is 0.849. The van der Waals surface area contributed by atoms with E-state index < -0.39 is 0 Å². The summed E-state index contributed by atoms with van der Waals surface area (Å²) in [5.41, 5.74) is 0. The molecule has 0 radical (unpaired) electrons. The Morgan fingerprint density at radius 2 is 2.07 bits per heavy atom. The molecule has 0 aromatic carbocycles. The molecule has 2 aliphatic rings. The van der Waals surface area contributed by atoms with Crippen LogP contribution in [0.4, 0.5) is 0 Å². The molecule has 2 rings (SSSR count). The second kappa shape index (κ2) is 5.10. The Hall–Kier alpha value is -0.120. The van der Waals surface area contributed by atoms with Crippen molar-refractivity contribution < 1.29 is 4.74 Å². The van der Waals surface area contributed by atoms with Gasteiger partial charge in [-0.15, -0.1) is 0 Å².